The molecule has 1 unspecified atom stereocenters. The quantitative estimate of drug-likeness (QED) is 0.549. The molecule has 0 aliphatic carbocycles. The Bertz CT molecular complexity index is 1140. The largest absolute Gasteiger partial charge is 0.449 e. The third-order valence-corrected chi connectivity index (χ3v) is 6.31. The number of carbonyl (C=O) groups excluding carboxylic acids is 2. The van der Waals surface area contributed by atoms with Gasteiger partial charge in [0.2, 0.25) is 11.7 Å². The highest BCUT2D eigenvalue weighted by Gasteiger charge is 2.33. The molecule has 3 N–H and O–H groups in total. The van der Waals surface area contributed by atoms with Crippen LogP contribution in [-0.2, 0) is 4.79 Å². The van der Waals surface area contributed by atoms with Crippen LogP contribution >= 0.6 is 27.5 Å². The smallest absolute Gasteiger partial charge is 0.286 e. The second-order valence-corrected chi connectivity index (χ2v) is 8.89. The zero-order valence-corrected chi connectivity index (χ0v) is 19.2. The van der Waals surface area contributed by atoms with Crippen LogP contribution in [0.25, 0.3) is 11.0 Å². The number of likely N-dealkylation sites (N-methyl/N-ethyl adjacent to an activating group) is 1. The van der Waals surface area contributed by atoms with Gasteiger partial charge in [0.25, 0.3) is 5.91 Å². The third kappa shape index (κ3) is 4.48. The predicted octanol–water partition coefficient (Wildman–Crippen LogP) is 3.87. The Morgan fingerprint density at radius 2 is 1.87 bits per heavy atom. The van der Waals surface area contributed by atoms with E-state index < -0.39 is 11.9 Å². The maximum Gasteiger partial charge on any atom is 0.286 e. The first kappa shape index (κ1) is 21.8. The fourth-order valence-electron chi connectivity index (χ4n) is 3.84. The van der Waals surface area contributed by atoms with E-state index in [0.717, 1.165) is 17.6 Å². The Morgan fingerprint density at radius 3 is 2.55 bits per heavy atom. The normalized spacial score (nSPS) is 16.4. The van der Waals surface area contributed by atoms with Gasteiger partial charge in [0.1, 0.15) is 17.3 Å². The fraction of sp³-hybridized carbons (Fsp3) is 0.273. The van der Waals surface area contributed by atoms with Gasteiger partial charge in [-0.05, 0) is 36.9 Å². The van der Waals surface area contributed by atoms with Crippen molar-refractivity contribution in [2.75, 3.05) is 38.5 Å². The summed E-state index contributed by atoms with van der Waals surface area (Å²) in [7, 11) is 2.05. The molecule has 2 amide bonds. The van der Waals surface area contributed by atoms with Gasteiger partial charge in [0.05, 0.1) is 0 Å². The summed E-state index contributed by atoms with van der Waals surface area (Å²) >= 11 is 9.90. The van der Waals surface area contributed by atoms with Crippen molar-refractivity contribution in [1.82, 2.24) is 9.80 Å². The molecule has 1 aliphatic heterocycles. The zero-order valence-electron chi connectivity index (χ0n) is 16.9. The van der Waals surface area contributed by atoms with E-state index in [2.05, 4.69) is 38.1 Å². The molecule has 9 heteroatoms. The van der Waals surface area contributed by atoms with E-state index in [9.17, 15) is 9.59 Å². The maximum absolute atomic E-state index is 13.6. The summed E-state index contributed by atoms with van der Waals surface area (Å²) in [6, 6.07) is 12.0. The first-order chi connectivity index (χ1) is 14.8. The molecule has 1 saturated heterocycles. The van der Waals surface area contributed by atoms with Gasteiger partial charge < -0.3 is 20.4 Å². The summed E-state index contributed by atoms with van der Waals surface area (Å²) in [5, 5.41) is 4.01. The van der Waals surface area contributed by atoms with Crippen molar-refractivity contribution in [2.24, 2.45) is 5.73 Å². The molecule has 3 aromatic rings. The number of hydrogen-bond acceptors (Lipinski definition) is 5. The Balaban J connectivity index is 1.75. The van der Waals surface area contributed by atoms with Crippen LogP contribution in [0, 0.1) is 0 Å². The van der Waals surface area contributed by atoms with Crippen molar-refractivity contribution in [2.45, 2.75) is 6.04 Å². The van der Waals surface area contributed by atoms with Crippen molar-refractivity contribution in [3.63, 3.8) is 0 Å². The summed E-state index contributed by atoms with van der Waals surface area (Å²) in [6.07, 6.45) is 0. The summed E-state index contributed by atoms with van der Waals surface area (Å²) in [5.41, 5.74) is 6.96. The van der Waals surface area contributed by atoms with E-state index in [1.807, 2.05) is 18.2 Å². The van der Waals surface area contributed by atoms with Gasteiger partial charge in [0, 0.05) is 41.1 Å². The molecule has 4 rings (SSSR count). The minimum atomic E-state index is -0.753. The minimum absolute atomic E-state index is 0.0854. The molecule has 162 valence electrons. The first-order valence-corrected chi connectivity index (χ1v) is 11.0. The number of primary amides is 1. The Hall–Kier alpha value is -2.39. The van der Waals surface area contributed by atoms with Crippen molar-refractivity contribution in [1.29, 1.82) is 0 Å². The third-order valence-electron chi connectivity index (χ3n) is 5.47. The van der Waals surface area contributed by atoms with Crippen LogP contribution in [0.2, 0.25) is 5.02 Å². The zero-order chi connectivity index (χ0) is 22.1. The highest BCUT2D eigenvalue weighted by molar-refractivity contribution is 9.10. The number of anilines is 1. The monoisotopic (exact) mass is 504 g/mol. The molecular formula is C22H22BrClN4O3. The Morgan fingerprint density at radius 1 is 1.16 bits per heavy atom. The standard InChI is InChI=1S/C22H22BrClN4O3/c1-27-8-10-28(11-9-27)19(14-4-2-3-5-16(14)24)22(30)26-18-15-12-13(23)6-7-17(15)31-20(18)21(25)29/h2-7,12,19H,8-11H2,1H3,(H2,25,29)(H,26,30). The number of nitrogens with zero attached hydrogens (tertiary/aromatic N) is 2. The van der Waals surface area contributed by atoms with Crippen LogP contribution in [0.4, 0.5) is 5.69 Å². The van der Waals surface area contributed by atoms with Crippen LogP contribution in [0.1, 0.15) is 22.2 Å². The molecule has 0 radical (unpaired) electrons. The fourth-order valence-corrected chi connectivity index (χ4v) is 4.44. The molecule has 0 saturated carbocycles. The maximum atomic E-state index is 13.6. The number of nitrogens with two attached hydrogens (primary N) is 1. The number of halogens is 2. The van der Waals surface area contributed by atoms with Gasteiger partial charge in [-0.1, -0.05) is 45.7 Å². The van der Waals surface area contributed by atoms with E-state index in [1.54, 1.807) is 24.3 Å². The number of rotatable bonds is 5. The Kier molecular flexibility index (Phi) is 6.34. The number of furan rings is 1. The number of benzene rings is 2. The van der Waals surface area contributed by atoms with Crippen molar-refractivity contribution >= 4 is 56.0 Å². The van der Waals surface area contributed by atoms with E-state index in [4.69, 9.17) is 21.8 Å². The summed E-state index contributed by atoms with van der Waals surface area (Å²) in [6.45, 7) is 3.09. The van der Waals surface area contributed by atoms with E-state index >= 15 is 0 Å². The number of nitrogens with one attached hydrogen (secondary N) is 1. The lowest BCUT2D eigenvalue weighted by atomic mass is 10.0. The SMILES string of the molecule is CN1CCN(C(C(=O)Nc2c(C(N)=O)oc3ccc(Br)cc23)c2ccccc2Cl)CC1. The van der Waals surface area contributed by atoms with Crippen LogP contribution in [0.15, 0.2) is 51.4 Å². The molecule has 1 fully saturated rings. The van der Waals surface area contributed by atoms with Gasteiger partial charge in [-0.25, -0.2) is 0 Å². The number of piperazine rings is 1. The number of hydrogen-bond donors (Lipinski definition) is 2. The molecule has 7 nitrogen and oxygen atoms in total. The summed E-state index contributed by atoms with van der Waals surface area (Å²) in [5.74, 6) is -1.14. The predicted molar refractivity (Wildman–Crippen MR) is 124 cm³/mol. The van der Waals surface area contributed by atoms with Gasteiger partial charge in [-0.15, -0.1) is 0 Å². The highest BCUT2D eigenvalue weighted by atomic mass is 79.9. The number of amides is 2. The summed E-state index contributed by atoms with van der Waals surface area (Å²) in [4.78, 5) is 29.9. The molecule has 31 heavy (non-hydrogen) atoms. The summed E-state index contributed by atoms with van der Waals surface area (Å²) < 4.78 is 6.41. The Labute approximate surface area is 193 Å². The molecule has 0 spiro atoms. The molecule has 0 bridgehead atoms. The average molecular weight is 506 g/mol. The highest BCUT2D eigenvalue weighted by Crippen LogP contribution is 2.35. The van der Waals surface area contributed by atoms with Crippen LogP contribution < -0.4 is 11.1 Å². The second-order valence-electron chi connectivity index (χ2n) is 7.56. The lowest BCUT2D eigenvalue weighted by Gasteiger charge is -2.37. The lowest BCUT2D eigenvalue weighted by Crippen LogP contribution is -2.48. The van der Waals surface area contributed by atoms with E-state index in [1.165, 1.54) is 0 Å². The van der Waals surface area contributed by atoms with Crippen LogP contribution in [-0.4, -0.2) is 54.8 Å². The lowest BCUT2D eigenvalue weighted by molar-refractivity contribution is -0.122. The van der Waals surface area contributed by atoms with Crippen molar-refractivity contribution < 1.29 is 14.0 Å². The van der Waals surface area contributed by atoms with Crippen molar-refractivity contribution in [3.8, 4) is 0 Å². The van der Waals surface area contributed by atoms with Gasteiger partial charge in [-0.3, -0.25) is 14.5 Å². The van der Waals surface area contributed by atoms with Gasteiger partial charge >= 0.3 is 0 Å². The minimum Gasteiger partial charge on any atom is -0.449 e. The molecule has 1 atom stereocenters. The topological polar surface area (TPSA) is 91.8 Å². The number of carbonyl (C=O) groups is 2. The number of fused-ring (bicyclic) bond motifs is 1. The molecule has 2 aromatic carbocycles. The molecular weight excluding hydrogens is 484 g/mol. The molecule has 1 aromatic heterocycles. The van der Waals surface area contributed by atoms with Gasteiger partial charge in [0.15, 0.2) is 0 Å². The molecule has 1 aliphatic rings. The van der Waals surface area contributed by atoms with Gasteiger partial charge in [-0.2, -0.15) is 0 Å². The average Bonchev–Trinajstić information content (AvgIpc) is 3.09. The van der Waals surface area contributed by atoms with E-state index in [-0.39, 0.29) is 17.4 Å². The first-order valence-electron chi connectivity index (χ1n) is 9.85. The second kappa shape index (κ2) is 9.00. The van der Waals surface area contributed by atoms with Crippen LogP contribution in [0.3, 0.4) is 0 Å². The molecule has 2 heterocycles. The van der Waals surface area contributed by atoms with Crippen LogP contribution in [0.5, 0.6) is 0 Å². The van der Waals surface area contributed by atoms with E-state index in [0.29, 0.717) is 34.6 Å². The van der Waals surface area contributed by atoms with Crippen molar-refractivity contribution in [3.05, 3.63) is 63.3 Å².